The Morgan fingerprint density at radius 1 is 1.44 bits per heavy atom. The Hall–Kier alpha value is -0.650. The SMILES string of the molecule is NC(CNC(=O)CCOCC1CCCO1)C1CC1. The fraction of sp³-hybridized carbons (Fsp3) is 0.923. The third kappa shape index (κ3) is 4.92. The zero-order valence-corrected chi connectivity index (χ0v) is 10.9. The smallest absolute Gasteiger partial charge is 0.222 e. The Kier molecular flexibility index (Phi) is 5.41. The van der Waals surface area contributed by atoms with Gasteiger partial charge in [-0.25, -0.2) is 0 Å². The molecule has 5 heteroatoms. The van der Waals surface area contributed by atoms with Gasteiger partial charge in [0, 0.05) is 25.6 Å². The molecule has 18 heavy (non-hydrogen) atoms. The van der Waals surface area contributed by atoms with Crippen molar-refractivity contribution < 1.29 is 14.3 Å². The van der Waals surface area contributed by atoms with Crippen molar-refractivity contribution in [1.82, 2.24) is 5.32 Å². The molecule has 1 saturated carbocycles. The number of amides is 1. The molecule has 0 aromatic rings. The van der Waals surface area contributed by atoms with E-state index in [2.05, 4.69) is 5.32 Å². The van der Waals surface area contributed by atoms with Crippen molar-refractivity contribution in [3.05, 3.63) is 0 Å². The molecule has 2 rings (SSSR count). The van der Waals surface area contributed by atoms with Gasteiger partial charge in [0.1, 0.15) is 0 Å². The second kappa shape index (κ2) is 7.07. The van der Waals surface area contributed by atoms with Gasteiger partial charge < -0.3 is 20.5 Å². The van der Waals surface area contributed by atoms with Gasteiger partial charge in [0.05, 0.1) is 19.3 Å². The normalized spacial score (nSPS) is 25.1. The Morgan fingerprint density at radius 3 is 2.94 bits per heavy atom. The van der Waals surface area contributed by atoms with Crippen molar-refractivity contribution in [2.24, 2.45) is 11.7 Å². The first-order chi connectivity index (χ1) is 8.75. The van der Waals surface area contributed by atoms with E-state index in [4.69, 9.17) is 15.2 Å². The molecule has 0 aromatic heterocycles. The van der Waals surface area contributed by atoms with E-state index in [0.717, 1.165) is 19.4 Å². The summed E-state index contributed by atoms with van der Waals surface area (Å²) in [5.41, 5.74) is 5.90. The van der Waals surface area contributed by atoms with E-state index in [1.165, 1.54) is 12.8 Å². The van der Waals surface area contributed by atoms with E-state index >= 15 is 0 Å². The quantitative estimate of drug-likeness (QED) is 0.618. The first kappa shape index (κ1) is 13.8. The number of carbonyl (C=O) groups excluding carboxylic acids is 1. The van der Waals surface area contributed by atoms with Gasteiger partial charge in [-0.05, 0) is 31.6 Å². The highest BCUT2D eigenvalue weighted by atomic mass is 16.5. The largest absolute Gasteiger partial charge is 0.378 e. The van der Waals surface area contributed by atoms with Crippen molar-refractivity contribution in [1.29, 1.82) is 0 Å². The summed E-state index contributed by atoms with van der Waals surface area (Å²) < 4.78 is 10.9. The van der Waals surface area contributed by atoms with Crippen molar-refractivity contribution in [2.45, 2.75) is 44.2 Å². The average molecular weight is 256 g/mol. The van der Waals surface area contributed by atoms with E-state index in [1.807, 2.05) is 0 Å². The molecule has 2 unspecified atom stereocenters. The Labute approximate surface area is 108 Å². The minimum absolute atomic E-state index is 0.0263. The topological polar surface area (TPSA) is 73.6 Å². The van der Waals surface area contributed by atoms with Crippen LogP contribution in [0, 0.1) is 5.92 Å². The maximum Gasteiger partial charge on any atom is 0.222 e. The summed E-state index contributed by atoms with van der Waals surface area (Å²) >= 11 is 0. The van der Waals surface area contributed by atoms with Crippen molar-refractivity contribution in [2.75, 3.05) is 26.4 Å². The lowest BCUT2D eigenvalue weighted by Gasteiger charge is -2.12. The van der Waals surface area contributed by atoms with E-state index in [9.17, 15) is 4.79 Å². The molecule has 1 heterocycles. The van der Waals surface area contributed by atoms with E-state index in [0.29, 0.717) is 32.1 Å². The van der Waals surface area contributed by atoms with Gasteiger partial charge in [-0.3, -0.25) is 4.79 Å². The highest BCUT2D eigenvalue weighted by molar-refractivity contribution is 5.75. The Bertz CT molecular complexity index is 263. The fourth-order valence-electron chi connectivity index (χ4n) is 2.17. The van der Waals surface area contributed by atoms with Crippen molar-refractivity contribution in [3.8, 4) is 0 Å². The van der Waals surface area contributed by atoms with Crippen LogP contribution in [0.4, 0.5) is 0 Å². The van der Waals surface area contributed by atoms with Crippen LogP contribution in [-0.4, -0.2) is 44.4 Å². The fourth-order valence-corrected chi connectivity index (χ4v) is 2.17. The molecule has 1 amide bonds. The summed E-state index contributed by atoms with van der Waals surface area (Å²) in [5, 5.41) is 2.86. The van der Waals surface area contributed by atoms with Gasteiger partial charge in [-0.1, -0.05) is 0 Å². The molecular formula is C13H24N2O3. The van der Waals surface area contributed by atoms with Crippen molar-refractivity contribution >= 4 is 5.91 Å². The molecule has 2 fully saturated rings. The number of rotatable bonds is 8. The third-order valence-electron chi connectivity index (χ3n) is 3.56. The standard InChI is InChI=1S/C13H24N2O3/c14-12(10-3-4-10)8-15-13(16)5-7-17-9-11-2-1-6-18-11/h10-12H,1-9,14H2,(H,15,16). The monoisotopic (exact) mass is 256 g/mol. The molecule has 2 atom stereocenters. The number of hydrogen-bond acceptors (Lipinski definition) is 4. The van der Waals surface area contributed by atoms with Gasteiger partial charge in [-0.2, -0.15) is 0 Å². The molecule has 1 aliphatic carbocycles. The van der Waals surface area contributed by atoms with Crippen LogP contribution in [0.3, 0.4) is 0 Å². The summed E-state index contributed by atoms with van der Waals surface area (Å²) in [5.74, 6) is 0.652. The lowest BCUT2D eigenvalue weighted by Crippen LogP contribution is -2.38. The third-order valence-corrected chi connectivity index (χ3v) is 3.56. The lowest BCUT2D eigenvalue weighted by atomic mass is 10.2. The minimum Gasteiger partial charge on any atom is -0.378 e. The molecule has 2 aliphatic rings. The van der Waals surface area contributed by atoms with Crippen LogP contribution < -0.4 is 11.1 Å². The van der Waals surface area contributed by atoms with Gasteiger partial charge in [0.25, 0.3) is 0 Å². The first-order valence-electron chi connectivity index (χ1n) is 6.97. The summed E-state index contributed by atoms with van der Waals surface area (Å²) in [6.07, 6.45) is 5.25. The van der Waals surface area contributed by atoms with Crippen LogP contribution in [0.15, 0.2) is 0 Å². The number of carbonyl (C=O) groups is 1. The van der Waals surface area contributed by atoms with Crippen LogP contribution in [0.2, 0.25) is 0 Å². The van der Waals surface area contributed by atoms with Gasteiger partial charge >= 0.3 is 0 Å². The van der Waals surface area contributed by atoms with E-state index in [1.54, 1.807) is 0 Å². The first-order valence-corrected chi connectivity index (χ1v) is 6.97. The highest BCUT2D eigenvalue weighted by Gasteiger charge is 2.28. The molecule has 1 saturated heterocycles. The maximum absolute atomic E-state index is 11.5. The molecule has 1 aliphatic heterocycles. The summed E-state index contributed by atoms with van der Waals surface area (Å²) in [7, 11) is 0. The molecule has 0 aromatic carbocycles. The maximum atomic E-state index is 11.5. The summed E-state index contributed by atoms with van der Waals surface area (Å²) in [4.78, 5) is 11.5. The zero-order valence-electron chi connectivity index (χ0n) is 10.9. The molecular weight excluding hydrogens is 232 g/mol. The number of nitrogens with one attached hydrogen (secondary N) is 1. The van der Waals surface area contributed by atoms with Gasteiger partial charge in [-0.15, -0.1) is 0 Å². The second-order valence-corrected chi connectivity index (χ2v) is 5.27. The lowest BCUT2D eigenvalue weighted by molar-refractivity contribution is -0.122. The Balaban J connectivity index is 1.44. The van der Waals surface area contributed by atoms with E-state index < -0.39 is 0 Å². The molecule has 104 valence electrons. The van der Waals surface area contributed by atoms with Crippen LogP contribution in [0.5, 0.6) is 0 Å². The molecule has 0 bridgehead atoms. The summed E-state index contributed by atoms with van der Waals surface area (Å²) in [6.45, 7) is 2.50. The average Bonchev–Trinajstić information content (AvgIpc) is 3.10. The predicted octanol–water partition coefficient (Wildman–Crippen LogP) is 0.426. The van der Waals surface area contributed by atoms with Crippen LogP contribution in [0.1, 0.15) is 32.1 Å². The number of nitrogens with two attached hydrogens (primary N) is 1. The van der Waals surface area contributed by atoms with E-state index in [-0.39, 0.29) is 18.1 Å². The highest BCUT2D eigenvalue weighted by Crippen LogP contribution is 2.31. The van der Waals surface area contributed by atoms with Crippen LogP contribution in [0.25, 0.3) is 0 Å². The number of hydrogen-bond donors (Lipinski definition) is 2. The molecule has 5 nitrogen and oxygen atoms in total. The van der Waals surface area contributed by atoms with Crippen LogP contribution in [-0.2, 0) is 14.3 Å². The molecule has 0 spiro atoms. The van der Waals surface area contributed by atoms with Gasteiger partial charge in [0.15, 0.2) is 0 Å². The molecule has 3 N–H and O–H groups in total. The van der Waals surface area contributed by atoms with Crippen LogP contribution >= 0.6 is 0 Å². The second-order valence-electron chi connectivity index (χ2n) is 5.27. The van der Waals surface area contributed by atoms with Crippen molar-refractivity contribution in [3.63, 3.8) is 0 Å². The Morgan fingerprint density at radius 2 is 2.28 bits per heavy atom. The molecule has 0 radical (unpaired) electrons. The zero-order chi connectivity index (χ0) is 12.8. The number of ether oxygens (including phenoxy) is 2. The predicted molar refractivity (Wildman–Crippen MR) is 68.1 cm³/mol. The minimum atomic E-state index is 0.0263. The van der Waals surface area contributed by atoms with Gasteiger partial charge in [0.2, 0.25) is 5.91 Å². The summed E-state index contributed by atoms with van der Waals surface area (Å²) in [6, 6.07) is 0.127.